The van der Waals surface area contributed by atoms with Crippen molar-refractivity contribution in [2.24, 2.45) is 23.2 Å². The normalized spacial score (nSPS) is 41.9. The van der Waals surface area contributed by atoms with Crippen molar-refractivity contribution in [1.29, 1.82) is 0 Å². The van der Waals surface area contributed by atoms with Gasteiger partial charge in [-0.25, -0.2) is 4.39 Å². The van der Waals surface area contributed by atoms with Crippen LogP contribution >= 0.6 is 0 Å². The molecular weight excluding hydrogens is 417 g/mol. The van der Waals surface area contributed by atoms with Crippen LogP contribution in [0.25, 0.3) is 0 Å². The van der Waals surface area contributed by atoms with Crippen molar-refractivity contribution in [3.05, 3.63) is 24.0 Å². The average molecular weight is 454 g/mol. The third kappa shape index (κ3) is 3.15. The fourth-order valence-corrected chi connectivity index (χ4v) is 8.59. The van der Waals surface area contributed by atoms with Gasteiger partial charge in [-0.15, -0.1) is 0 Å². The zero-order valence-corrected chi connectivity index (χ0v) is 19.4. The first-order chi connectivity index (χ1) is 15.9. The van der Waals surface area contributed by atoms with Gasteiger partial charge in [-0.3, -0.25) is 4.79 Å². The summed E-state index contributed by atoms with van der Waals surface area (Å²) in [5, 5.41) is 14.1. The number of carbonyl (C=O) groups is 1. The van der Waals surface area contributed by atoms with E-state index in [0.29, 0.717) is 41.9 Å². The molecule has 0 aromatic heterocycles. The second kappa shape index (κ2) is 7.10. The Hall–Kier alpha value is -1.82. The molecule has 1 aromatic rings. The number of aliphatic hydroxyl groups is 1. The van der Waals surface area contributed by atoms with Gasteiger partial charge in [-0.05, 0) is 100 Å². The number of hydrogen-bond donors (Lipinski definition) is 2. The zero-order chi connectivity index (χ0) is 22.4. The molecule has 178 valence electrons. The van der Waals surface area contributed by atoms with E-state index in [4.69, 9.17) is 0 Å². The van der Waals surface area contributed by atoms with E-state index in [-0.39, 0.29) is 22.9 Å². The van der Waals surface area contributed by atoms with Crippen LogP contribution in [0.2, 0.25) is 0 Å². The van der Waals surface area contributed by atoms with E-state index >= 15 is 4.39 Å². The number of benzene rings is 1. The lowest BCUT2D eigenvalue weighted by atomic mass is 9.51. The maximum Gasteiger partial charge on any atom is 0.231 e. The molecule has 5 nitrogen and oxygen atoms in total. The highest BCUT2D eigenvalue weighted by Crippen LogP contribution is 2.59. The number of nitrogens with one attached hydrogen (secondary N) is 1. The van der Waals surface area contributed by atoms with Gasteiger partial charge >= 0.3 is 0 Å². The van der Waals surface area contributed by atoms with E-state index in [1.165, 1.54) is 12.8 Å². The van der Waals surface area contributed by atoms with Crippen LogP contribution in [0.1, 0.15) is 64.2 Å². The number of likely N-dealkylation sites (tertiary alicyclic amines) is 1. The van der Waals surface area contributed by atoms with Crippen LogP contribution in [0.5, 0.6) is 0 Å². The molecule has 8 rings (SSSR count). The molecule has 5 saturated carbocycles. The van der Waals surface area contributed by atoms with E-state index in [2.05, 4.69) is 15.1 Å². The lowest BCUT2D eigenvalue weighted by molar-refractivity contribution is -0.167. The highest BCUT2D eigenvalue weighted by molar-refractivity contribution is 5.87. The summed E-state index contributed by atoms with van der Waals surface area (Å²) in [6.07, 6.45) is 10.3. The minimum Gasteiger partial charge on any atom is -0.393 e. The van der Waals surface area contributed by atoms with Crippen molar-refractivity contribution >= 4 is 17.3 Å². The number of hydrogen-bond acceptors (Lipinski definition) is 4. The third-order valence-corrected chi connectivity index (χ3v) is 10.1. The number of anilines is 2. The molecule has 1 aromatic carbocycles. The van der Waals surface area contributed by atoms with Crippen molar-refractivity contribution in [2.45, 2.75) is 81.9 Å². The number of aliphatic hydroxyl groups excluding tert-OH is 1. The highest BCUT2D eigenvalue weighted by Gasteiger charge is 2.62. The van der Waals surface area contributed by atoms with Gasteiger partial charge in [0.25, 0.3) is 0 Å². The largest absolute Gasteiger partial charge is 0.393 e. The monoisotopic (exact) mass is 453 g/mol. The van der Waals surface area contributed by atoms with Gasteiger partial charge in [0.1, 0.15) is 5.82 Å². The Balaban J connectivity index is 1.12. The Morgan fingerprint density at radius 3 is 2.58 bits per heavy atom. The first kappa shape index (κ1) is 20.5. The molecule has 2 aliphatic heterocycles. The van der Waals surface area contributed by atoms with Gasteiger partial charge < -0.3 is 20.2 Å². The second-order valence-corrected chi connectivity index (χ2v) is 12.3. The molecule has 7 aliphatic rings. The summed E-state index contributed by atoms with van der Waals surface area (Å²) in [6.45, 7) is 2.27. The van der Waals surface area contributed by atoms with Crippen LogP contribution in [-0.4, -0.2) is 53.2 Å². The first-order valence-corrected chi connectivity index (χ1v) is 13.3. The number of nitrogens with zero attached hydrogens (tertiary/aromatic N) is 2. The molecule has 2 heterocycles. The van der Waals surface area contributed by atoms with Crippen molar-refractivity contribution in [2.75, 3.05) is 29.9 Å². The SMILES string of the molecule is O=C1N(C23CC4CC(C2)C(O)C(C4)C3)CCC12CCCN(c1ccc(NC3CC3)cc1F)C2. The Morgan fingerprint density at radius 2 is 1.85 bits per heavy atom. The molecule has 33 heavy (non-hydrogen) atoms. The number of rotatable bonds is 4. The Labute approximate surface area is 195 Å². The van der Waals surface area contributed by atoms with Crippen LogP contribution in [0.15, 0.2) is 18.2 Å². The first-order valence-electron chi connectivity index (χ1n) is 13.3. The molecule has 7 fully saturated rings. The summed E-state index contributed by atoms with van der Waals surface area (Å²) in [6, 6.07) is 6.01. The van der Waals surface area contributed by atoms with Crippen LogP contribution in [0.3, 0.4) is 0 Å². The Bertz CT molecular complexity index is 964. The van der Waals surface area contributed by atoms with E-state index in [9.17, 15) is 9.90 Å². The zero-order valence-electron chi connectivity index (χ0n) is 19.4. The standard InChI is InChI=1S/C27H36FN3O2/c28-22-12-21(29-20-2-3-20)4-5-23(22)30-8-1-6-26(16-30)7-9-31(25(26)33)27-13-17-10-18(14-27)24(32)19(11-17)15-27/h4-5,12,17-20,24,29,32H,1-3,6-11,13-16H2. The van der Waals surface area contributed by atoms with Gasteiger partial charge in [-0.1, -0.05) is 0 Å². The quantitative estimate of drug-likeness (QED) is 0.719. The molecule has 3 unspecified atom stereocenters. The van der Waals surface area contributed by atoms with Gasteiger partial charge in [-0.2, -0.15) is 0 Å². The summed E-state index contributed by atoms with van der Waals surface area (Å²) in [5.74, 6) is 1.56. The predicted octanol–water partition coefficient (Wildman–Crippen LogP) is 4.16. The summed E-state index contributed by atoms with van der Waals surface area (Å²) in [7, 11) is 0. The lowest BCUT2D eigenvalue weighted by Gasteiger charge is -2.61. The summed E-state index contributed by atoms with van der Waals surface area (Å²) in [4.78, 5) is 18.4. The highest BCUT2D eigenvalue weighted by atomic mass is 19.1. The van der Waals surface area contributed by atoms with Gasteiger partial charge in [0.2, 0.25) is 5.91 Å². The fraction of sp³-hybridized carbons (Fsp3) is 0.741. The van der Waals surface area contributed by atoms with Crippen molar-refractivity contribution < 1.29 is 14.3 Å². The van der Waals surface area contributed by atoms with E-state index in [1.54, 1.807) is 6.07 Å². The minimum absolute atomic E-state index is 0.0278. The fourth-order valence-electron chi connectivity index (χ4n) is 8.59. The topological polar surface area (TPSA) is 55.8 Å². The average Bonchev–Trinajstić information content (AvgIpc) is 3.55. The smallest absolute Gasteiger partial charge is 0.231 e. The Morgan fingerprint density at radius 1 is 1.06 bits per heavy atom. The lowest BCUT2D eigenvalue weighted by Crippen LogP contribution is -2.65. The van der Waals surface area contributed by atoms with Crippen LogP contribution in [0, 0.1) is 29.0 Å². The number of piperidine rings is 1. The molecule has 5 aliphatic carbocycles. The molecule has 0 radical (unpaired) electrons. The van der Waals surface area contributed by atoms with Crippen LogP contribution < -0.4 is 10.2 Å². The molecule has 4 bridgehead atoms. The number of halogens is 1. The predicted molar refractivity (Wildman–Crippen MR) is 126 cm³/mol. The molecular formula is C27H36FN3O2. The van der Waals surface area contributed by atoms with Crippen molar-refractivity contribution in [3.63, 3.8) is 0 Å². The summed E-state index contributed by atoms with van der Waals surface area (Å²) >= 11 is 0. The molecule has 3 atom stereocenters. The minimum atomic E-state index is -0.377. The van der Waals surface area contributed by atoms with E-state index in [0.717, 1.165) is 70.1 Å². The van der Waals surface area contributed by atoms with Gasteiger partial charge in [0, 0.05) is 36.9 Å². The number of carbonyl (C=O) groups excluding carboxylic acids is 1. The van der Waals surface area contributed by atoms with Crippen LogP contribution in [0.4, 0.5) is 15.8 Å². The summed E-state index contributed by atoms with van der Waals surface area (Å²) in [5.41, 5.74) is 1.09. The molecule has 2 N–H and O–H groups in total. The molecule has 1 spiro atoms. The Kier molecular flexibility index (Phi) is 4.42. The third-order valence-electron chi connectivity index (χ3n) is 10.1. The number of amides is 1. The van der Waals surface area contributed by atoms with Crippen molar-refractivity contribution in [3.8, 4) is 0 Å². The van der Waals surface area contributed by atoms with E-state index < -0.39 is 0 Å². The second-order valence-electron chi connectivity index (χ2n) is 12.3. The van der Waals surface area contributed by atoms with Gasteiger partial charge in [0.15, 0.2) is 0 Å². The molecule has 1 amide bonds. The maximum atomic E-state index is 15.1. The molecule has 2 saturated heterocycles. The van der Waals surface area contributed by atoms with Crippen LogP contribution in [-0.2, 0) is 4.79 Å². The van der Waals surface area contributed by atoms with Crippen molar-refractivity contribution in [1.82, 2.24) is 4.90 Å². The molecule has 6 heteroatoms. The summed E-state index contributed by atoms with van der Waals surface area (Å²) < 4.78 is 15.1. The van der Waals surface area contributed by atoms with Gasteiger partial charge in [0.05, 0.1) is 17.2 Å². The van der Waals surface area contributed by atoms with E-state index in [1.807, 2.05) is 12.1 Å². The maximum absolute atomic E-state index is 15.1.